The largest absolute Gasteiger partial charge is 0.342 e. The Morgan fingerprint density at radius 1 is 0.857 bits per heavy atom. The molecule has 0 aromatic heterocycles. The van der Waals surface area contributed by atoms with Gasteiger partial charge in [0.1, 0.15) is 0 Å². The Bertz CT molecular complexity index is 313. The van der Waals surface area contributed by atoms with Crippen molar-refractivity contribution in [1.82, 2.24) is 4.23 Å². The molecule has 0 aliphatic carbocycles. The Morgan fingerprint density at radius 2 is 1.33 bits per heavy atom. The van der Waals surface area contributed by atoms with Crippen molar-refractivity contribution in [3.63, 3.8) is 0 Å². The molecule has 0 aromatic rings. The van der Waals surface area contributed by atoms with Crippen molar-refractivity contribution in [1.29, 1.82) is 0 Å². The second-order valence-electron chi connectivity index (χ2n) is 5.63. The van der Waals surface area contributed by atoms with Gasteiger partial charge in [-0.1, -0.05) is 41.8 Å². The molecule has 0 spiro atoms. The molecule has 21 heavy (non-hydrogen) atoms. The molecule has 0 amide bonds. The fraction of sp³-hybridized carbons (Fsp3) is 0.714. The molecule has 0 heterocycles. The summed E-state index contributed by atoms with van der Waals surface area (Å²) >= 11 is 17.7. The van der Waals surface area contributed by atoms with Crippen molar-refractivity contribution in [3.8, 4) is 0 Å². The SMILES string of the molecule is CC(C)=C[Si]N(CCCCCC[Si](Cl)(Cl)Cl)[Si]C=C(C)C. The maximum absolute atomic E-state index is 5.89. The van der Waals surface area contributed by atoms with Crippen molar-refractivity contribution in [2.45, 2.75) is 59.4 Å². The summed E-state index contributed by atoms with van der Waals surface area (Å²) < 4.78 is 2.55. The van der Waals surface area contributed by atoms with Gasteiger partial charge < -0.3 is 4.23 Å². The molecule has 1 nitrogen and oxygen atoms in total. The Balaban J connectivity index is 3.95. The molecule has 0 aromatic carbocycles. The predicted molar refractivity (Wildman–Crippen MR) is 104 cm³/mol. The Morgan fingerprint density at radius 3 is 1.76 bits per heavy atom. The molecule has 0 fully saturated rings. The zero-order chi connectivity index (χ0) is 16.3. The smallest absolute Gasteiger partial charge is 0.341 e. The molecular formula is C14H26Cl3NSi3. The molecule has 0 aliphatic rings. The van der Waals surface area contributed by atoms with E-state index in [1.54, 1.807) is 0 Å². The second-order valence-corrected chi connectivity index (χ2v) is 17.5. The maximum Gasteiger partial charge on any atom is 0.341 e. The van der Waals surface area contributed by atoms with E-state index in [2.05, 4.69) is 43.3 Å². The summed E-state index contributed by atoms with van der Waals surface area (Å²) in [5, 5.41) is 0. The molecule has 0 unspecified atom stereocenters. The summed E-state index contributed by atoms with van der Waals surface area (Å²) in [4.78, 5) is 0. The first-order chi connectivity index (χ1) is 9.70. The molecule has 0 atom stereocenters. The van der Waals surface area contributed by atoms with Crippen LogP contribution in [0.1, 0.15) is 53.4 Å². The van der Waals surface area contributed by atoms with Gasteiger partial charge in [0.15, 0.2) is 19.4 Å². The highest BCUT2D eigenvalue weighted by Gasteiger charge is 2.23. The van der Waals surface area contributed by atoms with Gasteiger partial charge in [-0.05, 0) is 46.7 Å². The first-order valence-corrected chi connectivity index (χ1v) is 14.6. The molecule has 0 saturated heterocycles. The number of nitrogens with zero attached hydrogens (tertiary/aromatic N) is 1. The molecule has 0 bridgehead atoms. The Labute approximate surface area is 151 Å². The van der Waals surface area contributed by atoms with Crippen LogP contribution < -0.4 is 0 Å². The minimum Gasteiger partial charge on any atom is -0.342 e. The van der Waals surface area contributed by atoms with Crippen molar-refractivity contribution in [2.24, 2.45) is 0 Å². The lowest BCUT2D eigenvalue weighted by Gasteiger charge is -2.18. The minimum atomic E-state index is -2.40. The highest BCUT2D eigenvalue weighted by molar-refractivity contribution is 7.64. The fourth-order valence-corrected chi connectivity index (χ4v) is 5.47. The topological polar surface area (TPSA) is 3.24 Å². The molecule has 7 heteroatoms. The van der Waals surface area contributed by atoms with Gasteiger partial charge in [0, 0.05) is 0 Å². The third-order valence-corrected chi connectivity index (χ3v) is 8.49. The van der Waals surface area contributed by atoms with Crippen LogP contribution in [0.15, 0.2) is 22.5 Å². The summed E-state index contributed by atoms with van der Waals surface area (Å²) in [7, 11) is 1.58. The van der Waals surface area contributed by atoms with E-state index in [9.17, 15) is 0 Å². The first-order valence-electron chi connectivity index (χ1n) is 7.34. The molecule has 0 aliphatic heterocycles. The second kappa shape index (κ2) is 12.4. The fourth-order valence-electron chi connectivity index (χ4n) is 1.53. The van der Waals surface area contributed by atoms with Crippen LogP contribution in [0.5, 0.6) is 0 Å². The minimum absolute atomic E-state index is 0.789. The van der Waals surface area contributed by atoms with E-state index >= 15 is 0 Å². The Kier molecular flexibility index (Phi) is 13.0. The highest BCUT2D eigenvalue weighted by Crippen LogP contribution is 2.27. The van der Waals surface area contributed by atoms with Gasteiger partial charge >= 0.3 is 6.00 Å². The quantitative estimate of drug-likeness (QED) is 0.249. The van der Waals surface area contributed by atoms with E-state index < -0.39 is 6.00 Å². The standard InChI is InChI=1S/C14H26Cl3NSi3/c1-13(2)11-19-18(20-12-14(3)4)9-7-5-6-8-10-21(15,16)17/h11-12H,5-10H2,1-4H3. The van der Waals surface area contributed by atoms with Crippen LogP contribution in [0.4, 0.5) is 0 Å². The molecule has 0 saturated carbocycles. The van der Waals surface area contributed by atoms with Crippen LogP contribution in [0.25, 0.3) is 0 Å². The van der Waals surface area contributed by atoms with Crippen molar-refractivity contribution >= 4 is 58.6 Å². The van der Waals surface area contributed by atoms with Gasteiger partial charge in [0.05, 0.1) is 0 Å². The van der Waals surface area contributed by atoms with Crippen molar-refractivity contribution in [3.05, 3.63) is 22.5 Å². The van der Waals surface area contributed by atoms with E-state index in [-0.39, 0.29) is 0 Å². The molecular weight excluding hydrogens is 373 g/mol. The van der Waals surface area contributed by atoms with Crippen LogP contribution >= 0.6 is 33.2 Å². The van der Waals surface area contributed by atoms with Gasteiger partial charge in [-0.3, -0.25) is 0 Å². The van der Waals surface area contributed by atoms with E-state index in [1.807, 2.05) is 0 Å². The lowest BCUT2D eigenvalue weighted by Crippen LogP contribution is -2.31. The normalized spacial score (nSPS) is 11.6. The van der Waals surface area contributed by atoms with Crippen LogP contribution in [0.2, 0.25) is 6.04 Å². The monoisotopic (exact) mass is 397 g/mol. The Hall–Kier alpha value is 0.961. The third kappa shape index (κ3) is 17.2. The average molecular weight is 399 g/mol. The van der Waals surface area contributed by atoms with Gasteiger partial charge in [0.25, 0.3) is 0 Å². The van der Waals surface area contributed by atoms with Crippen LogP contribution in [-0.4, -0.2) is 36.1 Å². The third-order valence-electron chi connectivity index (χ3n) is 2.61. The van der Waals surface area contributed by atoms with Crippen LogP contribution in [-0.2, 0) is 0 Å². The molecule has 0 rings (SSSR count). The summed E-state index contributed by atoms with van der Waals surface area (Å²) in [6.07, 6.45) is 4.68. The number of rotatable bonds is 11. The van der Waals surface area contributed by atoms with E-state index in [4.69, 9.17) is 33.2 Å². The number of unbranched alkanes of at least 4 members (excludes halogenated alkanes) is 3. The summed E-state index contributed by atoms with van der Waals surface area (Å²) in [5.74, 6) is 0. The summed E-state index contributed by atoms with van der Waals surface area (Å²) in [6.45, 7) is 9.81. The van der Waals surface area contributed by atoms with Gasteiger partial charge in [-0.2, -0.15) is 0 Å². The number of hydrogen-bond donors (Lipinski definition) is 0. The zero-order valence-electron chi connectivity index (χ0n) is 13.5. The number of halogens is 3. The van der Waals surface area contributed by atoms with Gasteiger partial charge in [-0.25, -0.2) is 0 Å². The number of hydrogen-bond acceptors (Lipinski definition) is 1. The van der Waals surface area contributed by atoms with Crippen molar-refractivity contribution < 1.29 is 0 Å². The van der Waals surface area contributed by atoms with E-state index in [1.165, 1.54) is 30.4 Å². The zero-order valence-corrected chi connectivity index (χ0v) is 18.7. The van der Waals surface area contributed by atoms with Crippen LogP contribution in [0, 0.1) is 0 Å². The molecule has 0 N–H and O–H groups in total. The lowest BCUT2D eigenvalue weighted by molar-refractivity contribution is 0.580. The van der Waals surface area contributed by atoms with E-state index in [0.29, 0.717) is 0 Å². The highest BCUT2D eigenvalue weighted by atomic mass is 35.8. The first kappa shape index (κ1) is 22.0. The predicted octanol–water partition coefficient (Wildman–Crippen LogP) is 5.59. The molecule has 120 valence electrons. The summed E-state index contributed by atoms with van der Waals surface area (Å²) in [5.41, 5.74) is 7.46. The van der Waals surface area contributed by atoms with Crippen LogP contribution in [0.3, 0.4) is 0 Å². The lowest BCUT2D eigenvalue weighted by atomic mass is 10.2. The average Bonchev–Trinajstić information content (AvgIpc) is 2.33. The summed E-state index contributed by atoms with van der Waals surface area (Å²) in [6, 6.07) is -1.60. The van der Waals surface area contributed by atoms with Gasteiger partial charge in [0.2, 0.25) is 0 Å². The van der Waals surface area contributed by atoms with Crippen molar-refractivity contribution in [2.75, 3.05) is 6.54 Å². The maximum atomic E-state index is 5.89. The van der Waals surface area contributed by atoms with E-state index in [0.717, 1.165) is 38.4 Å². The molecule has 4 radical (unpaired) electrons. The van der Waals surface area contributed by atoms with Gasteiger partial charge in [-0.15, -0.1) is 33.2 Å². The number of allylic oxidation sites excluding steroid dienone is 2.